The minimum absolute atomic E-state index is 0.0103. The summed E-state index contributed by atoms with van der Waals surface area (Å²) in [5, 5.41) is 11.3. The van der Waals surface area contributed by atoms with Gasteiger partial charge in [0.05, 0.1) is 10.5 Å². The number of carbonyl (C=O) groups excluding carboxylic acids is 4. The molecule has 1 aromatic heterocycles. The van der Waals surface area contributed by atoms with Crippen LogP contribution in [0.4, 0.5) is 4.79 Å². The van der Waals surface area contributed by atoms with Crippen molar-refractivity contribution < 1.29 is 23.9 Å². The highest BCUT2D eigenvalue weighted by Gasteiger charge is 2.33. The van der Waals surface area contributed by atoms with Gasteiger partial charge in [-0.05, 0) is 24.3 Å². The number of ether oxygens (including phenoxy) is 1. The lowest BCUT2D eigenvalue weighted by Gasteiger charge is -2.12. The van der Waals surface area contributed by atoms with Crippen molar-refractivity contribution in [3.8, 4) is 5.75 Å². The number of allylic oxidation sites excluding steroid dienone is 2. The standard InChI is InChI=1S/C19H18N4O5S/c1-20-18(26)16-14-15(22-23-16)12(24)10-13(17(14)25)29-9-5-8-21-19(27)28-11-6-3-2-4-7-11/h2-4,6-7,10H,5,8-9H2,1H3,(H,20,26)(H,21,27)(H,22,23). The number of Topliss-reactive ketones (excluding diaryl/α,β-unsaturated/α-hetero) is 1. The van der Waals surface area contributed by atoms with Gasteiger partial charge in [-0.1, -0.05) is 18.2 Å². The van der Waals surface area contributed by atoms with Crippen LogP contribution < -0.4 is 15.4 Å². The van der Waals surface area contributed by atoms with Crippen molar-refractivity contribution in [2.75, 3.05) is 19.3 Å². The van der Waals surface area contributed by atoms with Crippen LogP contribution in [0.1, 0.15) is 37.8 Å². The Balaban J connectivity index is 1.49. The summed E-state index contributed by atoms with van der Waals surface area (Å²) >= 11 is 1.19. The minimum Gasteiger partial charge on any atom is -0.410 e. The Labute approximate surface area is 170 Å². The van der Waals surface area contributed by atoms with E-state index in [1.165, 1.54) is 24.9 Å². The molecule has 9 nitrogen and oxygen atoms in total. The number of aromatic amines is 1. The van der Waals surface area contributed by atoms with Gasteiger partial charge in [0.1, 0.15) is 17.1 Å². The monoisotopic (exact) mass is 414 g/mol. The number of nitrogens with zero attached hydrogens (tertiary/aromatic N) is 1. The fraction of sp³-hybridized carbons (Fsp3) is 0.211. The Hall–Kier alpha value is -3.40. The second kappa shape index (κ2) is 9.20. The maximum Gasteiger partial charge on any atom is 0.412 e. The van der Waals surface area contributed by atoms with Crippen molar-refractivity contribution in [3.05, 3.63) is 58.3 Å². The second-order valence-corrected chi connectivity index (χ2v) is 7.07. The number of nitrogens with one attached hydrogen (secondary N) is 3. The average molecular weight is 414 g/mol. The van der Waals surface area contributed by atoms with E-state index in [9.17, 15) is 19.2 Å². The zero-order valence-corrected chi connectivity index (χ0v) is 16.3. The third-order valence-electron chi connectivity index (χ3n) is 3.97. The van der Waals surface area contributed by atoms with Crippen LogP contribution in [0.5, 0.6) is 5.75 Å². The molecule has 0 bridgehead atoms. The van der Waals surface area contributed by atoms with Crippen molar-refractivity contribution in [2.45, 2.75) is 6.42 Å². The molecular weight excluding hydrogens is 396 g/mol. The fourth-order valence-electron chi connectivity index (χ4n) is 2.59. The van der Waals surface area contributed by atoms with Gasteiger partial charge >= 0.3 is 6.09 Å². The third-order valence-corrected chi connectivity index (χ3v) is 5.08. The molecule has 29 heavy (non-hydrogen) atoms. The molecule has 0 radical (unpaired) electrons. The highest BCUT2D eigenvalue weighted by molar-refractivity contribution is 8.04. The number of para-hydroxylation sites is 1. The van der Waals surface area contributed by atoms with E-state index in [2.05, 4.69) is 20.8 Å². The molecule has 0 unspecified atom stereocenters. The quantitative estimate of drug-likeness (QED) is 0.590. The fourth-order valence-corrected chi connectivity index (χ4v) is 3.52. The molecule has 1 aliphatic rings. The van der Waals surface area contributed by atoms with Crippen molar-refractivity contribution in [2.24, 2.45) is 0 Å². The van der Waals surface area contributed by atoms with Crippen LogP contribution >= 0.6 is 11.8 Å². The van der Waals surface area contributed by atoms with Gasteiger partial charge in [-0.3, -0.25) is 19.5 Å². The molecule has 0 spiro atoms. The SMILES string of the molecule is CNC(=O)c1[nH]nc2c1C(=O)C(SCCCNC(=O)Oc1ccccc1)=CC2=O. The Morgan fingerprint density at radius 1 is 1.21 bits per heavy atom. The molecule has 0 saturated carbocycles. The number of fused-ring (bicyclic) bond motifs is 1. The second-order valence-electron chi connectivity index (χ2n) is 5.93. The normalized spacial score (nSPS) is 12.8. The molecule has 1 heterocycles. The summed E-state index contributed by atoms with van der Waals surface area (Å²) in [5.74, 6) is -0.448. The summed E-state index contributed by atoms with van der Waals surface area (Å²) in [6.07, 6.45) is 1.21. The summed E-state index contributed by atoms with van der Waals surface area (Å²) in [6.45, 7) is 0.342. The first-order valence-corrected chi connectivity index (χ1v) is 9.74. The Morgan fingerprint density at radius 3 is 2.69 bits per heavy atom. The minimum atomic E-state index is -0.567. The van der Waals surface area contributed by atoms with E-state index in [-0.39, 0.29) is 21.9 Å². The van der Waals surface area contributed by atoms with Gasteiger partial charge in [-0.2, -0.15) is 5.10 Å². The van der Waals surface area contributed by atoms with Crippen LogP contribution in [-0.2, 0) is 0 Å². The topological polar surface area (TPSA) is 130 Å². The number of ketones is 2. The first-order valence-electron chi connectivity index (χ1n) is 8.76. The number of benzene rings is 1. The van der Waals surface area contributed by atoms with Gasteiger partial charge in [0.15, 0.2) is 0 Å². The van der Waals surface area contributed by atoms with E-state index in [0.717, 1.165) is 0 Å². The molecule has 0 fully saturated rings. The van der Waals surface area contributed by atoms with E-state index < -0.39 is 23.6 Å². The van der Waals surface area contributed by atoms with Crippen LogP contribution in [-0.4, -0.2) is 53.1 Å². The molecule has 2 aromatic rings. The lowest BCUT2D eigenvalue weighted by atomic mass is 9.99. The van der Waals surface area contributed by atoms with Gasteiger partial charge in [-0.15, -0.1) is 11.8 Å². The summed E-state index contributed by atoms with van der Waals surface area (Å²) in [6, 6.07) is 8.68. The molecule has 2 amide bonds. The third kappa shape index (κ3) is 4.72. The van der Waals surface area contributed by atoms with Crippen LogP contribution in [0.15, 0.2) is 41.3 Å². The van der Waals surface area contributed by atoms with Crippen LogP contribution in [0.2, 0.25) is 0 Å². The van der Waals surface area contributed by atoms with Gasteiger partial charge in [0, 0.05) is 19.7 Å². The van der Waals surface area contributed by atoms with Crippen LogP contribution in [0, 0.1) is 0 Å². The number of thioether (sulfide) groups is 1. The smallest absolute Gasteiger partial charge is 0.410 e. The van der Waals surface area contributed by atoms with E-state index in [4.69, 9.17) is 4.74 Å². The molecule has 3 rings (SSSR count). The number of aromatic nitrogens is 2. The molecule has 0 aliphatic heterocycles. The number of H-pyrrole nitrogens is 1. The summed E-state index contributed by atoms with van der Waals surface area (Å²) in [7, 11) is 1.42. The lowest BCUT2D eigenvalue weighted by molar-refractivity contribution is 0.0945. The molecule has 150 valence electrons. The molecule has 0 atom stereocenters. The summed E-state index contributed by atoms with van der Waals surface area (Å²) < 4.78 is 5.10. The van der Waals surface area contributed by atoms with Gasteiger partial charge in [-0.25, -0.2) is 4.79 Å². The number of rotatable bonds is 7. The molecule has 10 heteroatoms. The summed E-state index contributed by atoms with van der Waals surface area (Å²) in [4.78, 5) is 48.7. The van der Waals surface area contributed by atoms with Gasteiger partial charge < -0.3 is 15.4 Å². The number of carbonyl (C=O) groups is 4. The van der Waals surface area contributed by atoms with Crippen molar-refractivity contribution >= 4 is 35.3 Å². The van der Waals surface area contributed by atoms with E-state index >= 15 is 0 Å². The Morgan fingerprint density at radius 2 is 1.97 bits per heavy atom. The van der Waals surface area contributed by atoms with Crippen LogP contribution in [0.3, 0.4) is 0 Å². The molecule has 3 N–H and O–H groups in total. The lowest BCUT2D eigenvalue weighted by Crippen LogP contribution is -2.28. The maximum atomic E-state index is 12.7. The van der Waals surface area contributed by atoms with Crippen LogP contribution in [0.25, 0.3) is 0 Å². The van der Waals surface area contributed by atoms with Gasteiger partial charge in [0.25, 0.3) is 5.91 Å². The Bertz CT molecular complexity index is 984. The van der Waals surface area contributed by atoms with Crippen molar-refractivity contribution in [3.63, 3.8) is 0 Å². The summed E-state index contributed by atoms with van der Waals surface area (Å²) in [5.41, 5.74) is -0.0930. The largest absolute Gasteiger partial charge is 0.412 e. The average Bonchev–Trinajstić information content (AvgIpc) is 3.17. The first-order chi connectivity index (χ1) is 14.0. The zero-order chi connectivity index (χ0) is 20.8. The highest BCUT2D eigenvalue weighted by Crippen LogP contribution is 2.29. The number of hydrogen-bond donors (Lipinski definition) is 3. The zero-order valence-electron chi connectivity index (χ0n) is 15.5. The van der Waals surface area contributed by atoms with E-state index in [1.54, 1.807) is 24.3 Å². The molecule has 1 aliphatic carbocycles. The predicted molar refractivity (Wildman–Crippen MR) is 106 cm³/mol. The number of amides is 2. The Kier molecular flexibility index (Phi) is 6.45. The van der Waals surface area contributed by atoms with E-state index in [0.29, 0.717) is 24.5 Å². The van der Waals surface area contributed by atoms with Crippen molar-refractivity contribution in [1.82, 2.24) is 20.8 Å². The first kappa shape index (κ1) is 20.3. The highest BCUT2D eigenvalue weighted by atomic mass is 32.2. The van der Waals surface area contributed by atoms with Gasteiger partial charge in [0.2, 0.25) is 11.6 Å². The molecular formula is C19H18N4O5S. The number of hydrogen-bond acceptors (Lipinski definition) is 7. The molecule has 1 aromatic carbocycles. The van der Waals surface area contributed by atoms with E-state index in [1.807, 2.05) is 6.07 Å². The van der Waals surface area contributed by atoms with Crippen molar-refractivity contribution in [1.29, 1.82) is 0 Å². The maximum absolute atomic E-state index is 12.7. The molecule has 0 saturated heterocycles. The predicted octanol–water partition coefficient (Wildman–Crippen LogP) is 1.94.